The van der Waals surface area contributed by atoms with Crippen LogP contribution < -0.4 is 0 Å². The number of nitrogens with zero attached hydrogens (tertiary/aromatic N) is 2. The van der Waals surface area contributed by atoms with Gasteiger partial charge in [0.1, 0.15) is 0 Å². The number of carbonyl (C=O) groups is 2. The second-order valence-electron chi connectivity index (χ2n) is 5.45. The standard InChI is InChI=1S/C14H26N2O3/c1-4-6-12-7-8-16(10-12)14(19)15(5-2)9-11(3)13(17)18/h11-12H,4-10H2,1-3H3,(H,17,18). The number of amides is 2. The van der Waals surface area contributed by atoms with Crippen LogP contribution in [0, 0.1) is 11.8 Å². The van der Waals surface area contributed by atoms with Gasteiger partial charge >= 0.3 is 12.0 Å². The van der Waals surface area contributed by atoms with Gasteiger partial charge in [-0.05, 0) is 25.7 Å². The average molecular weight is 270 g/mol. The molecule has 19 heavy (non-hydrogen) atoms. The predicted molar refractivity (Wildman–Crippen MR) is 74.0 cm³/mol. The Hall–Kier alpha value is -1.26. The maximum atomic E-state index is 12.3. The van der Waals surface area contributed by atoms with Gasteiger partial charge in [-0.1, -0.05) is 20.3 Å². The van der Waals surface area contributed by atoms with Gasteiger partial charge in [0.25, 0.3) is 0 Å². The Labute approximate surface area is 115 Å². The van der Waals surface area contributed by atoms with Gasteiger partial charge in [0.05, 0.1) is 5.92 Å². The summed E-state index contributed by atoms with van der Waals surface area (Å²) >= 11 is 0. The minimum Gasteiger partial charge on any atom is -0.481 e. The van der Waals surface area contributed by atoms with Crippen LogP contribution in [0.25, 0.3) is 0 Å². The Balaban J connectivity index is 2.52. The Bertz CT molecular complexity index is 320. The van der Waals surface area contributed by atoms with Crippen molar-refractivity contribution in [3.63, 3.8) is 0 Å². The number of carbonyl (C=O) groups excluding carboxylic acids is 1. The smallest absolute Gasteiger partial charge is 0.320 e. The molecule has 0 aliphatic carbocycles. The second kappa shape index (κ2) is 7.36. The molecular weight excluding hydrogens is 244 g/mol. The fourth-order valence-electron chi connectivity index (χ4n) is 2.60. The average Bonchev–Trinajstić information content (AvgIpc) is 2.83. The maximum absolute atomic E-state index is 12.3. The molecule has 1 aliphatic heterocycles. The second-order valence-corrected chi connectivity index (χ2v) is 5.45. The summed E-state index contributed by atoms with van der Waals surface area (Å²) in [6.45, 7) is 8.18. The van der Waals surface area contributed by atoms with Crippen molar-refractivity contribution in [1.29, 1.82) is 0 Å². The number of likely N-dealkylation sites (tertiary alicyclic amines) is 1. The molecule has 0 aromatic carbocycles. The molecule has 1 fully saturated rings. The summed E-state index contributed by atoms with van der Waals surface area (Å²) < 4.78 is 0. The Morgan fingerprint density at radius 2 is 2.11 bits per heavy atom. The summed E-state index contributed by atoms with van der Waals surface area (Å²) in [6, 6.07) is -0.00537. The SMILES string of the molecule is CCCC1CCN(C(=O)N(CC)CC(C)C(=O)O)C1. The first-order chi connectivity index (χ1) is 8.99. The quantitative estimate of drug-likeness (QED) is 0.805. The molecule has 0 spiro atoms. The van der Waals surface area contributed by atoms with Crippen molar-refractivity contribution >= 4 is 12.0 Å². The molecule has 5 heteroatoms. The molecule has 2 amide bonds. The first-order valence-corrected chi connectivity index (χ1v) is 7.26. The van der Waals surface area contributed by atoms with Crippen molar-refractivity contribution in [2.45, 2.75) is 40.0 Å². The lowest BCUT2D eigenvalue weighted by Gasteiger charge is -2.28. The highest BCUT2D eigenvalue weighted by atomic mass is 16.4. The van der Waals surface area contributed by atoms with Gasteiger partial charge in [0, 0.05) is 26.2 Å². The third kappa shape index (κ3) is 4.40. The van der Waals surface area contributed by atoms with Crippen molar-refractivity contribution in [2.24, 2.45) is 11.8 Å². The summed E-state index contributed by atoms with van der Waals surface area (Å²) in [5.41, 5.74) is 0. The van der Waals surface area contributed by atoms with Crippen molar-refractivity contribution in [1.82, 2.24) is 9.80 Å². The van der Waals surface area contributed by atoms with Gasteiger partial charge in [0.2, 0.25) is 0 Å². The first-order valence-electron chi connectivity index (χ1n) is 7.26. The van der Waals surface area contributed by atoms with Crippen LogP contribution >= 0.6 is 0 Å². The molecule has 1 aliphatic rings. The maximum Gasteiger partial charge on any atom is 0.320 e. The van der Waals surface area contributed by atoms with Crippen LogP contribution in [-0.4, -0.2) is 53.1 Å². The van der Waals surface area contributed by atoms with Gasteiger partial charge in [-0.15, -0.1) is 0 Å². The monoisotopic (exact) mass is 270 g/mol. The third-order valence-corrected chi connectivity index (χ3v) is 3.82. The van der Waals surface area contributed by atoms with Gasteiger partial charge in [-0.3, -0.25) is 4.79 Å². The minimum absolute atomic E-state index is 0.00537. The summed E-state index contributed by atoms with van der Waals surface area (Å²) in [6.07, 6.45) is 3.40. The molecule has 0 aromatic heterocycles. The van der Waals surface area contributed by atoms with E-state index in [0.717, 1.165) is 25.9 Å². The van der Waals surface area contributed by atoms with Crippen LogP contribution in [0.1, 0.15) is 40.0 Å². The lowest BCUT2D eigenvalue weighted by atomic mass is 10.0. The number of carboxylic acids is 1. The molecule has 1 N–H and O–H groups in total. The fraction of sp³-hybridized carbons (Fsp3) is 0.857. The van der Waals surface area contributed by atoms with E-state index in [9.17, 15) is 9.59 Å². The number of hydrogen-bond donors (Lipinski definition) is 1. The highest BCUT2D eigenvalue weighted by molar-refractivity contribution is 5.76. The molecule has 2 unspecified atom stereocenters. The Morgan fingerprint density at radius 3 is 2.63 bits per heavy atom. The van der Waals surface area contributed by atoms with Crippen LogP contribution in [0.15, 0.2) is 0 Å². The topological polar surface area (TPSA) is 60.9 Å². The van der Waals surface area contributed by atoms with Crippen molar-refractivity contribution in [2.75, 3.05) is 26.2 Å². The van der Waals surface area contributed by atoms with E-state index in [1.165, 1.54) is 6.42 Å². The highest BCUT2D eigenvalue weighted by Gasteiger charge is 2.29. The zero-order chi connectivity index (χ0) is 14.4. The predicted octanol–water partition coefficient (Wildman–Crippen LogP) is 2.27. The van der Waals surface area contributed by atoms with E-state index in [-0.39, 0.29) is 6.03 Å². The van der Waals surface area contributed by atoms with Crippen LogP contribution in [-0.2, 0) is 4.79 Å². The summed E-state index contributed by atoms with van der Waals surface area (Å²) in [7, 11) is 0. The molecule has 1 saturated heterocycles. The van der Waals surface area contributed by atoms with E-state index < -0.39 is 11.9 Å². The molecule has 0 aromatic rings. The van der Waals surface area contributed by atoms with E-state index in [1.54, 1.807) is 11.8 Å². The van der Waals surface area contributed by atoms with Crippen LogP contribution in [0.4, 0.5) is 4.79 Å². The largest absolute Gasteiger partial charge is 0.481 e. The zero-order valence-electron chi connectivity index (χ0n) is 12.3. The lowest BCUT2D eigenvalue weighted by Crippen LogP contribution is -2.44. The molecule has 0 saturated carbocycles. The van der Waals surface area contributed by atoms with Gasteiger partial charge < -0.3 is 14.9 Å². The molecule has 0 bridgehead atoms. The molecule has 2 atom stereocenters. The minimum atomic E-state index is -0.850. The van der Waals surface area contributed by atoms with Gasteiger partial charge in [-0.2, -0.15) is 0 Å². The molecule has 110 valence electrons. The van der Waals surface area contributed by atoms with Gasteiger partial charge in [0.15, 0.2) is 0 Å². The normalized spacial score (nSPS) is 20.4. The van der Waals surface area contributed by atoms with E-state index in [0.29, 0.717) is 19.0 Å². The van der Waals surface area contributed by atoms with E-state index in [2.05, 4.69) is 6.92 Å². The van der Waals surface area contributed by atoms with Gasteiger partial charge in [-0.25, -0.2) is 4.79 Å². The third-order valence-electron chi connectivity index (χ3n) is 3.82. The molecule has 0 radical (unpaired) electrons. The number of rotatable bonds is 6. The van der Waals surface area contributed by atoms with Crippen LogP contribution in [0.3, 0.4) is 0 Å². The molecule has 5 nitrogen and oxygen atoms in total. The lowest BCUT2D eigenvalue weighted by molar-refractivity contribution is -0.141. The number of hydrogen-bond acceptors (Lipinski definition) is 2. The Kier molecular flexibility index (Phi) is 6.12. The number of aliphatic carboxylic acids is 1. The Morgan fingerprint density at radius 1 is 1.42 bits per heavy atom. The van der Waals surface area contributed by atoms with Crippen LogP contribution in [0.5, 0.6) is 0 Å². The fourth-order valence-corrected chi connectivity index (χ4v) is 2.60. The van der Waals surface area contributed by atoms with Crippen molar-refractivity contribution in [3.8, 4) is 0 Å². The summed E-state index contributed by atoms with van der Waals surface area (Å²) in [4.78, 5) is 26.7. The molecular formula is C14H26N2O3. The van der Waals surface area contributed by atoms with E-state index in [1.807, 2.05) is 11.8 Å². The van der Waals surface area contributed by atoms with Crippen molar-refractivity contribution < 1.29 is 14.7 Å². The first kappa shape index (κ1) is 15.8. The number of urea groups is 1. The summed E-state index contributed by atoms with van der Waals surface area (Å²) in [5, 5.41) is 8.93. The summed E-state index contributed by atoms with van der Waals surface area (Å²) in [5.74, 6) is -0.751. The van der Waals surface area contributed by atoms with E-state index >= 15 is 0 Å². The van der Waals surface area contributed by atoms with Crippen molar-refractivity contribution in [3.05, 3.63) is 0 Å². The number of carboxylic acid groups (broad SMARTS) is 1. The van der Waals surface area contributed by atoms with E-state index in [4.69, 9.17) is 5.11 Å². The zero-order valence-corrected chi connectivity index (χ0v) is 12.3. The molecule has 1 heterocycles. The highest BCUT2D eigenvalue weighted by Crippen LogP contribution is 2.22. The van der Waals surface area contributed by atoms with Crippen LogP contribution in [0.2, 0.25) is 0 Å². The molecule has 1 rings (SSSR count).